The lowest BCUT2D eigenvalue weighted by Gasteiger charge is -2.05. The zero-order valence-corrected chi connectivity index (χ0v) is 11.0. The Labute approximate surface area is 110 Å². The van der Waals surface area contributed by atoms with Crippen molar-refractivity contribution < 1.29 is 9.90 Å². The summed E-state index contributed by atoms with van der Waals surface area (Å²) < 4.78 is 0. The van der Waals surface area contributed by atoms with Crippen LogP contribution in [0.25, 0.3) is 10.4 Å². The van der Waals surface area contributed by atoms with E-state index in [1.807, 2.05) is 12.1 Å². The lowest BCUT2D eigenvalue weighted by atomic mass is 10.1. The van der Waals surface area contributed by atoms with E-state index in [0.29, 0.717) is 0 Å². The molecule has 3 rings (SSSR count). The van der Waals surface area contributed by atoms with Crippen molar-refractivity contribution in [1.29, 1.82) is 0 Å². The summed E-state index contributed by atoms with van der Waals surface area (Å²) in [5, 5.41) is 9.28. The van der Waals surface area contributed by atoms with E-state index in [-0.39, 0.29) is 0 Å². The molecule has 0 unspecified atom stereocenters. The average molecular weight is 258 g/mol. The summed E-state index contributed by atoms with van der Waals surface area (Å²) in [6, 6.07) is 12.4. The van der Waals surface area contributed by atoms with Crippen molar-refractivity contribution in [3.05, 3.63) is 46.8 Å². The van der Waals surface area contributed by atoms with Crippen molar-refractivity contribution in [3.63, 3.8) is 0 Å². The Bertz CT molecular complexity index is 591. The molecule has 1 saturated carbocycles. The second kappa shape index (κ2) is 3.95. The minimum absolute atomic E-state index is 0.576. The summed E-state index contributed by atoms with van der Waals surface area (Å²) in [6.45, 7) is 2.06. The van der Waals surface area contributed by atoms with Gasteiger partial charge in [-0.25, -0.2) is 0 Å². The van der Waals surface area contributed by atoms with Crippen molar-refractivity contribution in [2.24, 2.45) is 0 Å². The molecule has 2 nitrogen and oxygen atoms in total. The van der Waals surface area contributed by atoms with Crippen LogP contribution >= 0.6 is 11.3 Å². The SMILES string of the molecule is Cc1ccc(-c2ccc(C3(C(=O)O)CC3)s2)cc1. The van der Waals surface area contributed by atoms with Crippen LogP contribution < -0.4 is 0 Å². The largest absolute Gasteiger partial charge is 0.481 e. The molecule has 0 spiro atoms. The van der Waals surface area contributed by atoms with Crippen molar-refractivity contribution in [2.75, 3.05) is 0 Å². The van der Waals surface area contributed by atoms with E-state index in [1.54, 1.807) is 11.3 Å². The standard InChI is InChI=1S/C15H14O2S/c1-10-2-4-11(5-3-10)12-6-7-13(18-12)15(8-9-15)14(16)17/h2-7H,8-9H2,1H3,(H,16,17). The third-order valence-electron chi connectivity index (χ3n) is 3.57. The molecule has 1 aliphatic rings. The van der Waals surface area contributed by atoms with E-state index < -0.39 is 11.4 Å². The first-order valence-corrected chi connectivity index (χ1v) is 6.84. The van der Waals surface area contributed by atoms with E-state index in [4.69, 9.17) is 0 Å². The smallest absolute Gasteiger partial charge is 0.314 e. The molecule has 1 N–H and O–H groups in total. The molecule has 0 atom stereocenters. The molecule has 1 aliphatic carbocycles. The highest BCUT2D eigenvalue weighted by Crippen LogP contribution is 2.51. The van der Waals surface area contributed by atoms with Crippen LogP contribution in [-0.4, -0.2) is 11.1 Å². The van der Waals surface area contributed by atoms with Gasteiger partial charge in [-0.3, -0.25) is 4.79 Å². The number of benzene rings is 1. The van der Waals surface area contributed by atoms with Crippen LogP contribution in [0.4, 0.5) is 0 Å². The number of rotatable bonds is 3. The number of hydrogen-bond donors (Lipinski definition) is 1. The van der Waals surface area contributed by atoms with Crippen molar-refractivity contribution in [2.45, 2.75) is 25.2 Å². The van der Waals surface area contributed by atoms with Crippen LogP contribution in [0, 0.1) is 6.92 Å². The van der Waals surface area contributed by atoms with Gasteiger partial charge in [0.15, 0.2) is 0 Å². The quantitative estimate of drug-likeness (QED) is 0.908. The molecule has 18 heavy (non-hydrogen) atoms. The molecule has 0 bridgehead atoms. The number of aliphatic carboxylic acids is 1. The molecule has 0 saturated heterocycles. The van der Waals surface area contributed by atoms with Gasteiger partial charge in [0.2, 0.25) is 0 Å². The maximum atomic E-state index is 11.3. The van der Waals surface area contributed by atoms with Crippen LogP contribution in [0.1, 0.15) is 23.3 Å². The summed E-state index contributed by atoms with van der Waals surface area (Å²) in [4.78, 5) is 13.4. The van der Waals surface area contributed by atoms with E-state index >= 15 is 0 Å². The molecule has 1 aromatic heterocycles. The number of carboxylic acids is 1. The molecule has 0 radical (unpaired) electrons. The molecule has 92 valence electrons. The van der Waals surface area contributed by atoms with Gasteiger partial charge >= 0.3 is 5.97 Å². The Hall–Kier alpha value is -1.61. The fraction of sp³-hybridized carbons (Fsp3) is 0.267. The summed E-state index contributed by atoms with van der Waals surface area (Å²) >= 11 is 1.61. The van der Waals surface area contributed by atoms with Crippen molar-refractivity contribution in [1.82, 2.24) is 0 Å². The highest BCUT2D eigenvalue weighted by molar-refractivity contribution is 7.15. The Morgan fingerprint density at radius 3 is 2.39 bits per heavy atom. The second-order valence-corrected chi connectivity index (χ2v) is 6.00. The topological polar surface area (TPSA) is 37.3 Å². The monoisotopic (exact) mass is 258 g/mol. The van der Waals surface area contributed by atoms with E-state index in [0.717, 1.165) is 28.2 Å². The molecule has 0 amide bonds. The molecule has 3 heteroatoms. The zero-order valence-electron chi connectivity index (χ0n) is 10.1. The maximum absolute atomic E-state index is 11.3. The number of hydrogen-bond acceptors (Lipinski definition) is 2. The lowest BCUT2D eigenvalue weighted by molar-refractivity contribution is -0.139. The first-order chi connectivity index (χ1) is 8.62. The van der Waals surface area contributed by atoms with Crippen LogP contribution in [-0.2, 0) is 10.2 Å². The number of thiophene rings is 1. The van der Waals surface area contributed by atoms with Gasteiger partial charge in [-0.1, -0.05) is 29.8 Å². The highest BCUT2D eigenvalue weighted by atomic mass is 32.1. The summed E-state index contributed by atoms with van der Waals surface area (Å²) in [5.41, 5.74) is 1.82. The molecule has 1 fully saturated rings. The van der Waals surface area contributed by atoms with E-state index in [1.165, 1.54) is 5.56 Å². The molecule has 1 aromatic carbocycles. The van der Waals surface area contributed by atoms with E-state index in [9.17, 15) is 9.90 Å². The minimum atomic E-state index is -0.681. The average Bonchev–Trinajstić information content (AvgIpc) is 3.03. The Kier molecular flexibility index (Phi) is 2.52. The fourth-order valence-electron chi connectivity index (χ4n) is 2.16. The number of carbonyl (C=O) groups is 1. The summed E-state index contributed by atoms with van der Waals surface area (Å²) in [7, 11) is 0. The van der Waals surface area contributed by atoms with Gasteiger partial charge in [0, 0.05) is 9.75 Å². The molecule has 0 aliphatic heterocycles. The summed E-state index contributed by atoms with van der Waals surface area (Å²) in [6.07, 6.45) is 1.55. The second-order valence-electron chi connectivity index (χ2n) is 4.92. The van der Waals surface area contributed by atoms with Crippen LogP contribution in [0.2, 0.25) is 0 Å². The van der Waals surface area contributed by atoms with Crippen LogP contribution in [0.3, 0.4) is 0 Å². The predicted molar refractivity (Wildman–Crippen MR) is 73.0 cm³/mol. The number of carboxylic acid groups (broad SMARTS) is 1. The third kappa shape index (κ3) is 1.75. The lowest BCUT2D eigenvalue weighted by Crippen LogP contribution is -2.17. The fourth-order valence-corrected chi connectivity index (χ4v) is 3.41. The molecular weight excluding hydrogens is 244 g/mol. The van der Waals surface area contributed by atoms with Crippen LogP contribution in [0.5, 0.6) is 0 Å². The predicted octanol–water partition coefficient (Wildman–Crippen LogP) is 3.84. The Morgan fingerprint density at radius 2 is 1.83 bits per heavy atom. The maximum Gasteiger partial charge on any atom is 0.314 e. The van der Waals surface area contributed by atoms with E-state index in [2.05, 4.69) is 31.2 Å². The van der Waals surface area contributed by atoms with Gasteiger partial charge in [-0.2, -0.15) is 0 Å². The van der Waals surface area contributed by atoms with Gasteiger partial charge in [0.25, 0.3) is 0 Å². The van der Waals surface area contributed by atoms with Gasteiger partial charge in [-0.15, -0.1) is 11.3 Å². The van der Waals surface area contributed by atoms with Crippen molar-refractivity contribution in [3.8, 4) is 10.4 Å². The van der Waals surface area contributed by atoms with Gasteiger partial charge in [0.1, 0.15) is 5.41 Å². The highest BCUT2D eigenvalue weighted by Gasteiger charge is 2.52. The first-order valence-electron chi connectivity index (χ1n) is 6.03. The molecule has 1 heterocycles. The van der Waals surface area contributed by atoms with Gasteiger partial charge in [-0.05, 0) is 37.5 Å². The Morgan fingerprint density at radius 1 is 1.17 bits per heavy atom. The molecule has 2 aromatic rings. The first kappa shape index (κ1) is 11.5. The van der Waals surface area contributed by atoms with Gasteiger partial charge < -0.3 is 5.11 Å². The van der Waals surface area contributed by atoms with Crippen molar-refractivity contribution >= 4 is 17.3 Å². The third-order valence-corrected chi connectivity index (χ3v) is 4.91. The van der Waals surface area contributed by atoms with Gasteiger partial charge in [0.05, 0.1) is 0 Å². The number of aryl methyl sites for hydroxylation is 1. The van der Waals surface area contributed by atoms with Crippen LogP contribution in [0.15, 0.2) is 36.4 Å². The molecular formula is C15H14O2S. The summed E-state index contributed by atoms with van der Waals surface area (Å²) in [5.74, 6) is -0.681. The Balaban J connectivity index is 1.95. The minimum Gasteiger partial charge on any atom is -0.481 e. The zero-order chi connectivity index (χ0) is 12.8. The normalized spacial score (nSPS) is 16.5.